The van der Waals surface area contributed by atoms with Crippen LogP contribution in [0, 0.1) is 0 Å². The Hall–Kier alpha value is -1.45. The van der Waals surface area contributed by atoms with Gasteiger partial charge in [-0.2, -0.15) is 0 Å². The van der Waals surface area contributed by atoms with Gasteiger partial charge in [0, 0.05) is 6.20 Å². The van der Waals surface area contributed by atoms with Crippen LogP contribution in [0.5, 0.6) is 0 Å². The highest BCUT2D eigenvalue weighted by molar-refractivity contribution is 7.80. The van der Waals surface area contributed by atoms with E-state index in [1.165, 1.54) is 13.8 Å². The molecule has 5 N–H and O–H groups in total. The molecule has 0 rings (SSSR count). The van der Waals surface area contributed by atoms with Gasteiger partial charge in [-0.1, -0.05) is 0 Å². The maximum absolute atomic E-state index is 11.0. The summed E-state index contributed by atoms with van der Waals surface area (Å²) >= 11 is -2.44. The van der Waals surface area contributed by atoms with Crippen LogP contribution in [0.1, 0.15) is 13.8 Å². The number of carboxylic acids is 2. The number of aliphatic hydroxyl groups is 1. The summed E-state index contributed by atoms with van der Waals surface area (Å²) in [6.07, 6.45) is 0.801. The topological polar surface area (TPSA) is 144 Å². The Bertz CT molecular complexity index is 390. The van der Waals surface area contributed by atoms with Crippen molar-refractivity contribution in [2.75, 3.05) is 6.61 Å². The van der Waals surface area contributed by atoms with Crippen LogP contribution in [0.2, 0.25) is 0 Å². The maximum Gasteiger partial charge on any atom is 0.335 e. The Kier molecular flexibility index (Phi) is 5.95. The molecule has 0 aliphatic carbocycles. The minimum Gasteiger partial charge on any atom is -0.480 e. The van der Waals surface area contributed by atoms with Crippen molar-refractivity contribution in [3.63, 3.8) is 0 Å². The van der Waals surface area contributed by atoms with Gasteiger partial charge in [-0.25, -0.2) is 13.8 Å². The fourth-order valence-electron chi connectivity index (χ4n) is 1.03. The number of carbonyl (C=O) groups is 2. The van der Waals surface area contributed by atoms with Crippen molar-refractivity contribution in [2.24, 2.45) is 0 Å². The summed E-state index contributed by atoms with van der Waals surface area (Å²) in [5.41, 5.74) is -0.458. The van der Waals surface area contributed by atoms with Crippen LogP contribution in [-0.4, -0.2) is 53.4 Å². The molecule has 0 bridgehead atoms. The summed E-state index contributed by atoms with van der Waals surface area (Å²) in [5.74, 6) is -2.83. The molecule has 0 fully saturated rings. The Morgan fingerprint density at radius 1 is 1.39 bits per heavy atom. The van der Waals surface area contributed by atoms with E-state index in [0.29, 0.717) is 0 Å². The van der Waals surface area contributed by atoms with Crippen molar-refractivity contribution in [1.82, 2.24) is 5.32 Å². The lowest BCUT2D eigenvalue weighted by Gasteiger charge is -2.27. The predicted octanol–water partition coefficient (Wildman–Crippen LogP) is -1.01. The quantitative estimate of drug-likeness (QED) is 0.295. The number of aliphatic hydroxyl groups excluding tert-OH is 1. The van der Waals surface area contributed by atoms with Crippen molar-refractivity contribution in [3.8, 4) is 0 Å². The van der Waals surface area contributed by atoms with E-state index >= 15 is 0 Å². The van der Waals surface area contributed by atoms with E-state index in [1.54, 1.807) is 0 Å². The standard InChI is InChI=1S/C9H15NO7S/c1-9(2,18(16)17)6(8(14)15)10-3-5(4-11)7(12)13/h3,6,10-11H,4H2,1-2H3,(H,12,13)(H,14,15)(H,16,17)/b5-3+/t6-/m0/s1. The highest BCUT2D eigenvalue weighted by Crippen LogP contribution is 2.17. The Balaban J connectivity index is 5.14. The average Bonchev–Trinajstić information content (AvgIpc) is 2.22. The van der Waals surface area contributed by atoms with Gasteiger partial charge in [-0.15, -0.1) is 0 Å². The number of carboxylic acid groups (broad SMARTS) is 2. The first-order valence-electron chi connectivity index (χ1n) is 4.77. The maximum atomic E-state index is 11.0. The van der Waals surface area contributed by atoms with Gasteiger partial charge in [0.1, 0.15) is 6.04 Å². The molecule has 0 aliphatic heterocycles. The lowest BCUT2D eigenvalue weighted by molar-refractivity contribution is -0.140. The van der Waals surface area contributed by atoms with Crippen molar-refractivity contribution in [1.29, 1.82) is 0 Å². The molecule has 0 saturated carbocycles. The van der Waals surface area contributed by atoms with Crippen LogP contribution in [0.4, 0.5) is 0 Å². The molecule has 0 heterocycles. The third kappa shape index (κ3) is 4.09. The SMILES string of the molecule is CC(C)([C@@H](N/C=C(\CO)C(=O)O)C(=O)O)S(=O)O. The zero-order chi connectivity index (χ0) is 14.5. The van der Waals surface area contributed by atoms with Gasteiger partial charge < -0.3 is 25.2 Å². The summed E-state index contributed by atoms with van der Waals surface area (Å²) < 4.78 is 18.5. The Morgan fingerprint density at radius 2 is 1.89 bits per heavy atom. The molecule has 0 saturated heterocycles. The molecule has 0 aromatic heterocycles. The molecule has 104 valence electrons. The first-order chi connectivity index (χ1) is 8.14. The third-order valence-corrected chi connectivity index (χ3v) is 3.40. The molecule has 8 nitrogen and oxygen atoms in total. The smallest absolute Gasteiger partial charge is 0.335 e. The largest absolute Gasteiger partial charge is 0.480 e. The van der Waals surface area contributed by atoms with Crippen LogP contribution in [0.25, 0.3) is 0 Å². The zero-order valence-corrected chi connectivity index (χ0v) is 10.6. The molecule has 2 atom stereocenters. The van der Waals surface area contributed by atoms with Gasteiger partial charge >= 0.3 is 11.9 Å². The van der Waals surface area contributed by atoms with Crippen molar-refractivity contribution >= 4 is 23.0 Å². The number of nitrogens with one attached hydrogen (secondary N) is 1. The molecule has 9 heteroatoms. The van der Waals surface area contributed by atoms with Gasteiger partial charge in [-0.05, 0) is 13.8 Å². The molecular weight excluding hydrogens is 266 g/mol. The number of hydrogen-bond donors (Lipinski definition) is 5. The number of aliphatic carboxylic acids is 2. The van der Waals surface area contributed by atoms with Crippen LogP contribution in [0.15, 0.2) is 11.8 Å². The summed E-state index contributed by atoms with van der Waals surface area (Å²) in [7, 11) is 0. The highest BCUT2D eigenvalue weighted by atomic mass is 32.2. The second kappa shape index (κ2) is 6.47. The molecule has 0 spiro atoms. The van der Waals surface area contributed by atoms with E-state index in [2.05, 4.69) is 5.32 Å². The summed E-state index contributed by atoms with van der Waals surface area (Å²) in [6.45, 7) is 1.68. The zero-order valence-electron chi connectivity index (χ0n) is 9.78. The lowest BCUT2D eigenvalue weighted by Crippen LogP contribution is -2.52. The fraction of sp³-hybridized carbons (Fsp3) is 0.556. The molecule has 0 aromatic carbocycles. The van der Waals surface area contributed by atoms with Crippen LogP contribution < -0.4 is 5.32 Å². The molecule has 0 radical (unpaired) electrons. The fourth-order valence-corrected chi connectivity index (χ4v) is 1.40. The summed E-state index contributed by atoms with van der Waals surface area (Å²) in [6, 6.07) is -1.48. The van der Waals surface area contributed by atoms with E-state index in [9.17, 15) is 13.8 Å². The minimum absolute atomic E-state index is 0.458. The second-order valence-electron chi connectivity index (χ2n) is 3.92. The third-order valence-electron chi connectivity index (χ3n) is 2.26. The molecule has 18 heavy (non-hydrogen) atoms. The number of rotatable bonds is 7. The van der Waals surface area contributed by atoms with Crippen molar-refractivity contribution in [3.05, 3.63) is 11.8 Å². The van der Waals surface area contributed by atoms with Gasteiger partial charge in [0.2, 0.25) is 0 Å². The van der Waals surface area contributed by atoms with Crippen LogP contribution in [-0.2, 0) is 20.7 Å². The van der Waals surface area contributed by atoms with Gasteiger partial charge in [0.15, 0.2) is 11.1 Å². The molecular formula is C9H15NO7S. The van der Waals surface area contributed by atoms with Gasteiger partial charge in [0.25, 0.3) is 0 Å². The number of hydrogen-bond acceptors (Lipinski definition) is 5. The Labute approximate surface area is 106 Å². The summed E-state index contributed by atoms with van der Waals surface area (Å²) in [4.78, 5) is 21.5. The first kappa shape index (κ1) is 16.6. The minimum atomic E-state index is -2.44. The molecule has 0 amide bonds. The first-order valence-corrected chi connectivity index (χ1v) is 5.88. The van der Waals surface area contributed by atoms with Crippen LogP contribution in [0.3, 0.4) is 0 Å². The summed E-state index contributed by atoms with van der Waals surface area (Å²) in [5, 5.41) is 28.5. The predicted molar refractivity (Wildman–Crippen MR) is 62.2 cm³/mol. The monoisotopic (exact) mass is 281 g/mol. The second-order valence-corrected chi connectivity index (χ2v) is 5.47. The normalized spacial score (nSPS) is 15.9. The molecule has 0 aliphatic rings. The highest BCUT2D eigenvalue weighted by Gasteiger charge is 2.40. The van der Waals surface area contributed by atoms with Crippen molar-refractivity contribution in [2.45, 2.75) is 24.6 Å². The van der Waals surface area contributed by atoms with Gasteiger partial charge in [-0.3, -0.25) is 0 Å². The average molecular weight is 281 g/mol. The molecule has 0 aromatic rings. The van der Waals surface area contributed by atoms with E-state index < -0.39 is 46.0 Å². The van der Waals surface area contributed by atoms with Crippen molar-refractivity contribution < 1.29 is 33.7 Å². The van der Waals surface area contributed by atoms with Gasteiger partial charge in [0.05, 0.1) is 16.9 Å². The van der Waals surface area contributed by atoms with E-state index in [1.807, 2.05) is 0 Å². The van der Waals surface area contributed by atoms with E-state index in [-0.39, 0.29) is 0 Å². The molecule has 1 unspecified atom stereocenters. The Morgan fingerprint density at radius 3 is 2.17 bits per heavy atom. The van der Waals surface area contributed by atoms with Crippen LogP contribution >= 0.6 is 0 Å². The van der Waals surface area contributed by atoms with E-state index in [4.69, 9.17) is 19.9 Å². The van der Waals surface area contributed by atoms with E-state index in [0.717, 1.165) is 6.20 Å². The lowest BCUT2D eigenvalue weighted by atomic mass is 10.0.